The first-order chi connectivity index (χ1) is 8.25. The van der Waals surface area contributed by atoms with Gasteiger partial charge < -0.3 is 5.32 Å². The molecule has 0 radical (unpaired) electrons. The Hall–Kier alpha value is -1.20. The van der Waals surface area contributed by atoms with Gasteiger partial charge in [0.25, 0.3) is 5.56 Å². The maximum Gasteiger partial charge on any atom is 0.271 e. The molecule has 1 aliphatic heterocycles. The molecule has 0 aromatic carbocycles. The van der Waals surface area contributed by atoms with Gasteiger partial charge in [-0.05, 0) is 43.3 Å². The van der Waals surface area contributed by atoms with E-state index in [0.29, 0.717) is 5.92 Å². The topological polar surface area (TPSA) is 46.9 Å². The molecule has 0 spiro atoms. The molecular weight excluding hydrogens is 234 g/mol. The Labute approximate surface area is 103 Å². The second-order valence-electron chi connectivity index (χ2n) is 4.66. The number of rotatable bonds is 2. The number of fused-ring (bicyclic) bond motifs is 1. The third-order valence-electron chi connectivity index (χ3n) is 3.34. The van der Waals surface area contributed by atoms with Crippen LogP contribution in [0.25, 0.3) is 10.2 Å². The van der Waals surface area contributed by atoms with Crippen LogP contribution in [-0.4, -0.2) is 22.6 Å². The quantitative estimate of drug-likeness (QED) is 0.874. The Bertz CT molecular complexity index is 595. The molecule has 4 nitrogen and oxygen atoms in total. The molecule has 1 aliphatic rings. The van der Waals surface area contributed by atoms with Gasteiger partial charge in [0.2, 0.25) is 0 Å². The summed E-state index contributed by atoms with van der Waals surface area (Å²) in [4.78, 5) is 16.6. The maximum atomic E-state index is 12.2. The Kier molecular flexibility index (Phi) is 2.72. The Morgan fingerprint density at radius 2 is 2.53 bits per heavy atom. The molecule has 1 saturated heterocycles. The van der Waals surface area contributed by atoms with Gasteiger partial charge >= 0.3 is 0 Å². The zero-order valence-corrected chi connectivity index (χ0v) is 10.6. The first-order valence-corrected chi connectivity index (χ1v) is 6.77. The van der Waals surface area contributed by atoms with Crippen LogP contribution in [0.5, 0.6) is 0 Å². The van der Waals surface area contributed by atoms with Crippen molar-refractivity contribution >= 4 is 21.6 Å². The second kappa shape index (κ2) is 4.23. The summed E-state index contributed by atoms with van der Waals surface area (Å²) in [6.07, 6.45) is 2.84. The van der Waals surface area contributed by atoms with Crippen molar-refractivity contribution in [1.82, 2.24) is 14.9 Å². The first kappa shape index (κ1) is 10.9. The number of aromatic nitrogens is 2. The molecular formula is C12H15N3OS. The van der Waals surface area contributed by atoms with Gasteiger partial charge in [-0.3, -0.25) is 9.36 Å². The number of nitrogens with zero attached hydrogens (tertiary/aromatic N) is 2. The lowest BCUT2D eigenvalue weighted by molar-refractivity contribution is 0.470. The van der Waals surface area contributed by atoms with Crippen LogP contribution in [0.1, 0.15) is 12.0 Å². The summed E-state index contributed by atoms with van der Waals surface area (Å²) in [6, 6.07) is 0. The molecule has 5 heteroatoms. The number of hydrogen-bond acceptors (Lipinski definition) is 4. The highest BCUT2D eigenvalue weighted by Gasteiger charge is 2.16. The molecule has 1 unspecified atom stereocenters. The summed E-state index contributed by atoms with van der Waals surface area (Å²) in [5.41, 5.74) is 2.07. The monoisotopic (exact) mass is 249 g/mol. The van der Waals surface area contributed by atoms with E-state index in [2.05, 4.69) is 10.3 Å². The van der Waals surface area contributed by atoms with Crippen LogP contribution in [-0.2, 0) is 6.54 Å². The van der Waals surface area contributed by atoms with E-state index in [-0.39, 0.29) is 5.56 Å². The number of nitrogens with one attached hydrogen (secondary N) is 1. The highest BCUT2D eigenvalue weighted by molar-refractivity contribution is 7.17. The number of thiophene rings is 1. The molecule has 2 aromatic rings. The SMILES string of the molecule is Cc1csc2c(=O)n(CC3CCNC3)cnc12. The van der Waals surface area contributed by atoms with Gasteiger partial charge in [-0.15, -0.1) is 11.3 Å². The second-order valence-corrected chi connectivity index (χ2v) is 5.54. The predicted molar refractivity (Wildman–Crippen MR) is 69.6 cm³/mol. The molecule has 1 atom stereocenters. The molecule has 0 aliphatic carbocycles. The van der Waals surface area contributed by atoms with Crippen molar-refractivity contribution in [2.45, 2.75) is 19.9 Å². The van der Waals surface area contributed by atoms with Crippen LogP contribution in [0.3, 0.4) is 0 Å². The highest BCUT2D eigenvalue weighted by atomic mass is 32.1. The van der Waals surface area contributed by atoms with Crippen LogP contribution in [0, 0.1) is 12.8 Å². The fraction of sp³-hybridized carbons (Fsp3) is 0.500. The van der Waals surface area contributed by atoms with Crippen molar-refractivity contribution < 1.29 is 0 Å². The summed E-state index contributed by atoms with van der Waals surface area (Å²) in [5.74, 6) is 0.563. The van der Waals surface area contributed by atoms with Gasteiger partial charge in [0.1, 0.15) is 4.70 Å². The molecule has 1 fully saturated rings. The molecule has 0 saturated carbocycles. The van der Waals surface area contributed by atoms with Gasteiger partial charge in [0, 0.05) is 6.54 Å². The van der Waals surface area contributed by atoms with Crippen molar-refractivity contribution in [1.29, 1.82) is 0 Å². The fourth-order valence-corrected chi connectivity index (χ4v) is 3.29. The van der Waals surface area contributed by atoms with Crippen molar-refractivity contribution in [2.24, 2.45) is 5.92 Å². The van der Waals surface area contributed by atoms with E-state index in [1.165, 1.54) is 11.3 Å². The summed E-state index contributed by atoms with van der Waals surface area (Å²) in [6.45, 7) is 4.85. The van der Waals surface area contributed by atoms with Gasteiger partial charge in [-0.25, -0.2) is 4.98 Å². The van der Waals surface area contributed by atoms with E-state index >= 15 is 0 Å². The maximum absolute atomic E-state index is 12.2. The molecule has 17 heavy (non-hydrogen) atoms. The minimum atomic E-state index is 0.111. The molecule has 90 valence electrons. The zero-order chi connectivity index (χ0) is 11.8. The van der Waals surface area contributed by atoms with Crippen molar-refractivity contribution in [3.8, 4) is 0 Å². The normalized spacial score (nSPS) is 20.2. The first-order valence-electron chi connectivity index (χ1n) is 5.89. The standard InChI is InChI=1S/C12H15N3OS/c1-8-6-17-11-10(8)14-7-15(12(11)16)5-9-2-3-13-4-9/h6-7,9,13H,2-5H2,1H3. The third kappa shape index (κ3) is 1.89. The summed E-state index contributed by atoms with van der Waals surface area (Å²) in [7, 11) is 0. The lowest BCUT2D eigenvalue weighted by Crippen LogP contribution is -2.24. The van der Waals surface area contributed by atoms with Crippen LogP contribution in [0.4, 0.5) is 0 Å². The lowest BCUT2D eigenvalue weighted by Gasteiger charge is -2.10. The van der Waals surface area contributed by atoms with Crippen molar-refractivity contribution in [2.75, 3.05) is 13.1 Å². The van der Waals surface area contributed by atoms with E-state index in [1.807, 2.05) is 12.3 Å². The van der Waals surface area contributed by atoms with Crippen molar-refractivity contribution in [3.05, 3.63) is 27.6 Å². The average molecular weight is 249 g/mol. The number of aryl methyl sites for hydroxylation is 1. The van der Waals surface area contributed by atoms with Gasteiger partial charge in [-0.2, -0.15) is 0 Å². The van der Waals surface area contributed by atoms with Gasteiger partial charge in [0.05, 0.1) is 11.8 Å². The Morgan fingerprint density at radius 3 is 3.29 bits per heavy atom. The molecule has 3 heterocycles. The molecule has 1 N–H and O–H groups in total. The van der Waals surface area contributed by atoms with Crippen LogP contribution < -0.4 is 10.9 Å². The molecule has 0 amide bonds. The van der Waals surface area contributed by atoms with Gasteiger partial charge in [-0.1, -0.05) is 0 Å². The smallest absolute Gasteiger partial charge is 0.271 e. The van der Waals surface area contributed by atoms with E-state index in [0.717, 1.165) is 41.8 Å². The van der Waals surface area contributed by atoms with Crippen molar-refractivity contribution in [3.63, 3.8) is 0 Å². The third-order valence-corrected chi connectivity index (χ3v) is 4.42. The molecule has 0 bridgehead atoms. The van der Waals surface area contributed by atoms with Gasteiger partial charge in [0.15, 0.2) is 0 Å². The summed E-state index contributed by atoms with van der Waals surface area (Å²) < 4.78 is 2.55. The van der Waals surface area contributed by atoms with Crippen LogP contribution >= 0.6 is 11.3 Å². The average Bonchev–Trinajstić information content (AvgIpc) is 2.93. The van der Waals surface area contributed by atoms with E-state index in [4.69, 9.17) is 0 Å². The van der Waals surface area contributed by atoms with E-state index < -0.39 is 0 Å². The predicted octanol–water partition coefficient (Wildman–Crippen LogP) is 1.38. The Balaban J connectivity index is 1.99. The molecule has 3 rings (SSSR count). The Morgan fingerprint density at radius 1 is 1.65 bits per heavy atom. The fourth-order valence-electron chi connectivity index (χ4n) is 2.34. The lowest BCUT2D eigenvalue weighted by atomic mass is 10.1. The zero-order valence-electron chi connectivity index (χ0n) is 9.77. The minimum absolute atomic E-state index is 0.111. The van der Waals surface area contributed by atoms with E-state index in [9.17, 15) is 4.79 Å². The molecule has 2 aromatic heterocycles. The van der Waals surface area contributed by atoms with E-state index in [1.54, 1.807) is 10.9 Å². The summed E-state index contributed by atoms with van der Waals surface area (Å²) >= 11 is 1.50. The summed E-state index contributed by atoms with van der Waals surface area (Å²) in [5, 5.41) is 5.32. The van der Waals surface area contributed by atoms with Crippen LogP contribution in [0.2, 0.25) is 0 Å². The minimum Gasteiger partial charge on any atom is -0.316 e. The number of hydrogen-bond donors (Lipinski definition) is 1. The largest absolute Gasteiger partial charge is 0.316 e. The van der Waals surface area contributed by atoms with Crippen LogP contribution in [0.15, 0.2) is 16.5 Å². The highest BCUT2D eigenvalue weighted by Crippen LogP contribution is 2.19.